The molecule has 3 aliphatic rings. The number of carbonyl (C=O) groups is 1. The predicted molar refractivity (Wildman–Crippen MR) is 106 cm³/mol. The minimum Gasteiger partial charge on any atom is -0.336 e. The molecular formula is C22H30N4O. The largest absolute Gasteiger partial charge is 0.336 e. The van der Waals surface area contributed by atoms with Gasteiger partial charge >= 0.3 is 0 Å². The zero-order chi connectivity index (χ0) is 19.0. The second-order valence-electron chi connectivity index (χ2n) is 8.28. The van der Waals surface area contributed by atoms with Crippen LogP contribution in [0.5, 0.6) is 0 Å². The fourth-order valence-electron chi connectivity index (χ4n) is 4.61. The van der Waals surface area contributed by atoms with E-state index in [0.717, 1.165) is 44.0 Å². The van der Waals surface area contributed by atoms with Gasteiger partial charge in [-0.15, -0.1) is 0 Å². The number of hydrogen-bond acceptors (Lipinski definition) is 3. The SMILES string of the molecule is Cc1nn(CC(=O)N2C[C@@H]3CC[C@H]2CN(Cc2ccccc2)C3)c(C)c1C. The third kappa shape index (κ3) is 3.79. The fourth-order valence-corrected chi connectivity index (χ4v) is 4.61. The zero-order valence-electron chi connectivity index (χ0n) is 16.7. The predicted octanol–water partition coefficient (Wildman–Crippen LogP) is 2.93. The smallest absolute Gasteiger partial charge is 0.244 e. The number of aryl methyl sites for hydroxylation is 1. The first kappa shape index (κ1) is 18.2. The average molecular weight is 367 g/mol. The molecule has 2 aromatic rings. The Bertz CT molecular complexity index is 813. The molecule has 1 aromatic heterocycles. The second-order valence-corrected chi connectivity index (χ2v) is 8.28. The van der Waals surface area contributed by atoms with Gasteiger partial charge in [0.1, 0.15) is 6.54 Å². The van der Waals surface area contributed by atoms with Gasteiger partial charge < -0.3 is 4.90 Å². The number of piperidine rings is 1. The molecule has 0 saturated carbocycles. The quantitative estimate of drug-likeness (QED) is 0.835. The summed E-state index contributed by atoms with van der Waals surface area (Å²) >= 11 is 0. The van der Waals surface area contributed by atoms with Gasteiger partial charge in [0, 0.05) is 37.9 Å². The van der Waals surface area contributed by atoms with E-state index in [9.17, 15) is 4.79 Å². The average Bonchev–Trinajstić information content (AvgIpc) is 2.85. The monoisotopic (exact) mass is 366 g/mol. The Balaban J connectivity index is 1.45. The Morgan fingerprint density at radius 1 is 1.07 bits per heavy atom. The lowest BCUT2D eigenvalue weighted by Gasteiger charge is -2.36. The molecule has 5 nitrogen and oxygen atoms in total. The van der Waals surface area contributed by atoms with E-state index < -0.39 is 0 Å². The lowest BCUT2D eigenvalue weighted by atomic mass is 9.95. The highest BCUT2D eigenvalue weighted by atomic mass is 16.2. The highest BCUT2D eigenvalue weighted by Gasteiger charge is 2.37. The standard InChI is InChI=1S/C22H30N4O/c1-16-17(2)23-26(18(16)3)15-22(27)25-13-20-9-10-21(25)14-24(12-20)11-19-7-5-4-6-8-19/h4-8,20-21H,9-15H2,1-3H3/t20-,21+/m1/s1. The maximum atomic E-state index is 13.1. The van der Waals surface area contributed by atoms with Gasteiger partial charge in [0.15, 0.2) is 0 Å². The summed E-state index contributed by atoms with van der Waals surface area (Å²) in [6, 6.07) is 11.0. The molecular weight excluding hydrogens is 336 g/mol. The maximum absolute atomic E-state index is 13.1. The van der Waals surface area contributed by atoms with Gasteiger partial charge in [-0.25, -0.2) is 0 Å². The van der Waals surface area contributed by atoms with Crippen LogP contribution in [0.2, 0.25) is 0 Å². The zero-order valence-corrected chi connectivity index (χ0v) is 16.7. The van der Waals surface area contributed by atoms with Crippen LogP contribution >= 0.6 is 0 Å². The number of fused-ring (bicyclic) bond motifs is 4. The molecule has 1 aromatic carbocycles. The van der Waals surface area contributed by atoms with Crippen LogP contribution < -0.4 is 0 Å². The van der Waals surface area contributed by atoms with Crippen molar-refractivity contribution in [1.29, 1.82) is 0 Å². The highest BCUT2D eigenvalue weighted by Crippen LogP contribution is 2.29. The summed E-state index contributed by atoms with van der Waals surface area (Å²) in [6.45, 7) is 10.5. The molecule has 1 amide bonds. The van der Waals surface area contributed by atoms with E-state index in [2.05, 4.69) is 59.1 Å². The minimum absolute atomic E-state index is 0.219. The van der Waals surface area contributed by atoms with Crippen molar-refractivity contribution in [3.63, 3.8) is 0 Å². The molecule has 0 spiro atoms. The van der Waals surface area contributed by atoms with E-state index in [0.29, 0.717) is 18.5 Å². The molecule has 27 heavy (non-hydrogen) atoms. The summed E-state index contributed by atoms with van der Waals surface area (Å²) in [7, 11) is 0. The van der Waals surface area contributed by atoms with Crippen molar-refractivity contribution in [2.24, 2.45) is 5.92 Å². The number of amides is 1. The third-order valence-corrected chi connectivity index (χ3v) is 6.39. The van der Waals surface area contributed by atoms with Gasteiger partial charge in [0.2, 0.25) is 5.91 Å². The maximum Gasteiger partial charge on any atom is 0.244 e. The molecule has 144 valence electrons. The highest BCUT2D eigenvalue weighted by molar-refractivity contribution is 5.76. The number of hydrogen-bond donors (Lipinski definition) is 0. The second kappa shape index (κ2) is 7.47. The van der Waals surface area contributed by atoms with Gasteiger partial charge in [-0.3, -0.25) is 14.4 Å². The van der Waals surface area contributed by atoms with Crippen molar-refractivity contribution in [3.8, 4) is 0 Å². The Labute approximate surface area is 162 Å². The fraction of sp³-hybridized carbons (Fsp3) is 0.545. The number of aromatic nitrogens is 2. The first-order chi connectivity index (χ1) is 13.0. The van der Waals surface area contributed by atoms with Crippen molar-refractivity contribution in [1.82, 2.24) is 19.6 Å². The molecule has 2 bridgehead atoms. The summed E-state index contributed by atoms with van der Waals surface area (Å²) in [5, 5.41) is 4.56. The van der Waals surface area contributed by atoms with E-state index in [1.54, 1.807) is 0 Å². The summed E-state index contributed by atoms with van der Waals surface area (Å²) < 4.78 is 1.88. The van der Waals surface area contributed by atoms with Gasteiger partial charge in [-0.2, -0.15) is 5.10 Å². The number of carbonyl (C=O) groups excluding carboxylic acids is 1. The van der Waals surface area contributed by atoms with Crippen LogP contribution in [0.1, 0.15) is 35.4 Å². The van der Waals surface area contributed by atoms with E-state index in [4.69, 9.17) is 0 Å². The number of rotatable bonds is 4. The molecule has 5 heteroatoms. The van der Waals surface area contributed by atoms with Gasteiger partial charge in [0.25, 0.3) is 0 Å². The molecule has 4 heterocycles. The lowest BCUT2D eigenvalue weighted by molar-refractivity contribution is -0.136. The first-order valence-electron chi connectivity index (χ1n) is 10.1. The third-order valence-electron chi connectivity index (χ3n) is 6.39. The Kier molecular flexibility index (Phi) is 5.04. The van der Waals surface area contributed by atoms with Crippen LogP contribution in [-0.2, 0) is 17.9 Å². The Morgan fingerprint density at radius 3 is 2.56 bits per heavy atom. The van der Waals surface area contributed by atoms with Crippen LogP contribution in [0.25, 0.3) is 0 Å². The van der Waals surface area contributed by atoms with Crippen LogP contribution in [0.15, 0.2) is 30.3 Å². The van der Waals surface area contributed by atoms with Crippen molar-refractivity contribution >= 4 is 5.91 Å². The Hall–Kier alpha value is -2.14. The molecule has 3 aliphatic heterocycles. The van der Waals surface area contributed by atoms with E-state index in [-0.39, 0.29) is 5.91 Å². The first-order valence-corrected chi connectivity index (χ1v) is 10.1. The van der Waals surface area contributed by atoms with Gasteiger partial charge in [-0.05, 0) is 50.7 Å². The summed E-state index contributed by atoms with van der Waals surface area (Å²) in [5.74, 6) is 0.801. The van der Waals surface area contributed by atoms with Gasteiger partial charge in [0.05, 0.1) is 5.69 Å². The van der Waals surface area contributed by atoms with E-state index in [1.807, 2.05) is 11.6 Å². The molecule has 3 saturated heterocycles. The topological polar surface area (TPSA) is 41.4 Å². The molecule has 0 unspecified atom stereocenters. The van der Waals surface area contributed by atoms with Crippen molar-refractivity contribution in [2.75, 3.05) is 19.6 Å². The van der Waals surface area contributed by atoms with Crippen LogP contribution in [0.3, 0.4) is 0 Å². The summed E-state index contributed by atoms with van der Waals surface area (Å²) in [6.07, 6.45) is 2.36. The van der Waals surface area contributed by atoms with Crippen molar-refractivity contribution < 1.29 is 4.79 Å². The van der Waals surface area contributed by atoms with Crippen LogP contribution in [0, 0.1) is 26.7 Å². The summed E-state index contributed by atoms with van der Waals surface area (Å²) in [5.41, 5.74) is 4.67. The number of nitrogens with zero attached hydrogens (tertiary/aromatic N) is 4. The number of benzene rings is 1. The lowest BCUT2D eigenvalue weighted by Crippen LogP contribution is -2.48. The molecule has 5 rings (SSSR count). The normalized spacial score (nSPS) is 22.9. The Morgan fingerprint density at radius 2 is 1.85 bits per heavy atom. The van der Waals surface area contributed by atoms with Crippen molar-refractivity contribution in [3.05, 3.63) is 52.8 Å². The van der Waals surface area contributed by atoms with Crippen molar-refractivity contribution in [2.45, 2.75) is 52.7 Å². The van der Waals surface area contributed by atoms with Gasteiger partial charge in [-0.1, -0.05) is 30.3 Å². The molecule has 2 atom stereocenters. The van der Waals surface area contributed by atoms with E-state index >= 15 is 0 Å². The molecule has 3 fully saturated rings. The minimum atomic E-state index is 0.219. The van der Waals surface area contributed by atoms with Crippen LogP contribution in [-0.4, -0.2) is 51.2 Å². The molecule has 0 aliphatic carbocycles. The molecule has 0 N–H and O–H groups in total. The summed E-state index contributed by atoms with van der Waals surface area (Å²) in [4.78, 5) is 17.8. The molecule has 0 radical (unpaired) electrons. The van der Waals surface area contributed by atoms with E-state index in [1.165, 1.54) is 17.5 Å². The van der Waals surface area contributed by atoms with Crippen LogP contribution in [0.4, 0.5) is 0 Å².